The van der Waals surface area contributed by atoms with Crippen molar-refractivity contribution in [3.05, 3.63) is 30.0 Å². The van der Waals surface area contributed by atoms with Gasteiger partial charge >= 0.3 is 0 Å². The molecule has 1 amide bonds. The summed E-state index contributed by atoms with van der Waals surface area (Å²) in [5.74, 6) is 4.92. The normalized spacial score (nSPS) is 10.3. The Balaban J connectivity index is 2.72. The third-order valence-electron chi connectivity index (χ3n) is 2.06. The number of hydrogen-bond acceptors (Lipinski definition) is 4. The molecule has 0 unspecified atom stereocenters. The highest BCUT2D eigenvalue weighted by Gasteiger charge is 2.19. The fraction of sp³-hybridized carbons (Fsp3) is 0.111. The average Bonchev–Trinajstić information content (AvgIpc) is 2.66. The number of rotatable bonds is 2. The molecule has 6 heteroatoms. The van der Waals surface area contributed by atoms with E-state index in [0.717, 1.165) is 0 Å². The molecule has 0 saturated carbocycles. The molecule has 0 aromatic carbocycles. The predicted octanol–water partition coefficient (Wildman–Crippen LogP) is -0.0536. The van der Waals surface area contributed by atoms with E-state index >= 15 is 0 Å². The van der Waals surface area contributed by atoms with Gasteiger partial charge in [0.25, 0.3) is 5.91 Å². The van der Waals surface area contributed by atoms with Gasteiger partial charge < -0.3 is 4.74 Å². The molecule has 0 bridgehead atoms. The number of aromatic nitrogens is 2. The largest absolute Gasteiger partial charge is 0.479 e. The second-order valence-corrected chi connectivity index (χ2v) is 2.89. The number of nitrogen functional groups attached to an aromatic ring is 1. The van der Waals surface area contributed by atoms with Crippen LogP contribution in [0.15, 0.2) is 24.4 Å². The SMILES string of the molecule is COc1nn2ccccc2c1C(=O)NN. The first-order valence-corrected chi connectivity index (χ1v) is 4.30. The number of carbonyl (C=O) groups is 1. The lowest BCUT2D eigenvalue weighted by Gasteiger charge is -1.98. The number of nitrogens with one attached hydrogen (secondary N) is 1. The van der Waals surface area contributed by atoms with Crippen LogP contribution in [-0.2, 0) is 0 Å². The van der Waals surface area contributed by atoms with Gasteiger partial charge in [-0.1, -0.05) is 6.07 Å². The Morgan fingerprint density at radius 1 is 1.60 bits per heavy atom. The molecule has 0 aliphatic carbocycles. The Kier molecular flexibility index (Phi) is 2.26. The van der Waals surface area contributed by atoms with Gasteiger partial charge in [-0.15, -0.1) is 5.10 Å². The zero-order valence-electron chi connectivity index (χ0n) is 8.10. The molecule has 0 aliphatic rings. The molecular weight excluding hydrogens is 196 g/mol. The number of nitrogens with zero attached hydrogens (tertiary/aromatic N) is 2. The van der Waals surface area contributed by atoms with Gasteiger partial charge in [0.2, 0.25) is 5.88 Å². The second kappa shape index (κ2) is 3.58. The molecule has 2 rings (SSSR count). The van der Waals surface area contributed by atoms with Gasteiger partial charge in [-0.3, -0.25) is 10.2 Å². The lowest BCUT2D eigenvalue weighted by Crippen LogP contribution is -2.30. The van der Waals surface area contributed by atoms with Crippen molar-refractivity contribution in [2.75, 3.05) is 7.11 Å². The molecule has 2 heterocycles. The van der Waals surface area contributed by atoms with Crippen LogP contribution in [0.4, 0.5) is 0 Å². The Labute approximate surface area is 85.6 Å². The summed E-state index contributed by atoms with van der Waals surface area (Å²) in [6.45, 7) is 0. The minimum Gasteiger partial charge on any atom is -0.479 e. The predicted molar refractivity (Wildman–Crippen MR) is 53.4 cm³/mol. The zero-order chi connectivity index (χ0) is 10.8. The lowest BCUT2D eigenvalue weighted by molar-refractivity contribution is 0.0952. The summed E-state index contributed by atoms with van der Waals surface area (Å²) >= 11 is 0. The maximum absolute atomic E-state index is 11.5. The number of pyridine rings is 1. The van der Waals surface area contributed by atoms with Crippen LogP contribution < -0.4 is 16.0 Å². The van der Waals surface area contributed by atoms with Crippen LogP contribution in [0.5, 0.6) is 5.88 Å². The first-order chi connectivity index (χ1) is 7.27. The monoisotopic (exact) mass is 206 g/mol. The van der Waals surface area contributed by atoms with Gasteiger partial charge in [0, 0.05) is 6.20 Å². The summed E-state index contributed by atoms with van der Waals surface area (Å²) in [7, 11) is 1.45. The van der Waals surface area contributed by atoms with Crippen molar-refractivity contribution < 1.29 is 9.53 Å². The third kappa shape index (κ3) is 1.40. The van der Waals surface area contributed by atoms with Gasteiger partial charge in [0.1, 0.15) is 5.56 Å². The van der Waals surface area contributed by atoms with Crippen LogP contribution in [0.3, 0.4) is 0 Å². The molecule has 0 radical (unpaired) electrons. The van der Waals surface area contributed by atoms with E-state index in [1.54, 1.807) is 16.8 Å². The molecule has 6 nitrogen and oxygen atoms in total. The number of carbonyl (C=O) groups excluding carboxylic acids is 1. The minimum atomic E-state index is -0.423. The highest BCUT2D eigenvalue weighted by molar-refractivity contribution is 6.02. The van der Waals surface area contributed by atoms with Gasteiger partial charge in [-0.05, 0) is 12.1 Å². The lowest BCUT2D eigenvalue weighted by atomic mass is 10.2. The number of nitrogens with two attached hydrogens (primary N) is 1. The first-order valence-electron chi connectivity index (χ1n) is 4.30. The van der Waals surface area contributed by atoms with Crippen molar-refractivity contribution in [1.82, 2.24) is 15.0 Å². The summed E-state index contributed by atoms with van der Waals surface area (Å²) in [5.41, 5.74) is 3.05. The van der Waals surface area contributed by atoms with E-state index in [1.165, 1.54) is 7.11 Å². The topological polar surface area (TPSA) is 81.7 Å². The molecule has 0 spiro atoms. The van der Waals surface area contributed by atoms with Crippen LogP contribution >= 0.6 is 0 Å². The maximum atomic E-state index is 11.5. The number of amides is 1. The van der Waals surface area contributed by atoms with Crippen LogP contribution in [-0.4, -0.2) is 22.6 Å². The van der Waals surface area contributed by atoms with Gasteiger partial charge in [0.15, 0.2) is 0 Å². The van der Waals surface area contributed by atoms with E-state index in [4.69, 9.17) is 10.6 Å². The maximum Gasteiger partial charge on any atom is 0.272 e. The average molecular weight is 206 g/mol. The summed E-state index contributed by atoms with van der Waals surface area (Å²) < 4.78 is 6.56. The number of hydrogen-bond donors (Lipinski definition) is 2. The Morgan fingerprint density at radius 2 is 2.40 bits per heavy atom. The molecule has 0 aliphatic heterocycles. The molecule has 2 aromatic rings. The molecular formula is C9H10N4O2. The summed E-state index contributed by atoms with van der Waals surface area (Å²) in [6, 6.07) is 5.38. The van der Waals surface area contributed by atoms with E-state index in [2.05, 4.69) is 10.5 Å². The van der Waals surface area contributed by atoms with Crippen molar-refractivity contribution in [2.45, 2.75) is 0 Å². The molecule has 0 atom stereocenters. The smallest absolute Gasteiger partial charge is 0.272 e. The van der Waals surface area contributed by atoms with Crippen LogP contribution in [0.25, 0.3) is 5.52 Å². The highest BCUT2D eigenvalue weighted by Crippen LogP contribution is 2.21. The third-order valence-corrected chi connectivity index (χ3v) is 2.06. The van der Waals surface area contributed by atoms with Crippen molar-refractivity contribution in [3.8, 4) is 5.88 Å². The van der Waals surface area contributed by atoms with Gasteiger partial charge in [-0.25, -0.2) is 10.4 Å². The van der Waals surface area contributed by atoms with Crippen LogP contribution in [0, 0.1) is 0 Å². The minimum absolute atomic E-state index is 0.254. The van der Waals surface area contributed by atoms with E-state index in [-0.39, 0.29) is 5.88 Å². The summed E-state index contributed by atoms with van der Waals surface area (Å²) in [6.07, 6.45) is 1.73. The molecule has 0 fully saturated rings. The number of methoxy groups -OCH3 is 1. The van der Waals surface area contributed by atoms with Gasteiger partial charge in [0.05, 0.1) is 12.6 Å². The Bertz CT molecular complexity index is 506. The van der Waals surface area contributed by atoms with E-state index in [0.29, 0.717) is 11.1 Å². The van der Waals surface area contributed by atoms with Crippen LogP contribution in [0.2, 0.25) is 0 Å². The zero-order valence-corrected chi connectivity index (χ0v) is 8.10. The summed E-state index contributed by atoms with van der Waals surface area (Å²) in [4.78, 5) is 11.5. The number of fused-ring (bicyclic) bond motifs is 1. The van der Waals surface area contributed by atoms with Crippen molar-refractivity contribution in [3.63, 3.8) is 0 Å². The Hall–Kier alpha value is -2.08. The standard InChI is InChI=1S/C9H10N4O2/c1-15-9-7(8(14)11-10)6-4-2-3-5-13(6)12-9/h2-5H,10H2,1H3,(H,11,14). The van der Waals surface area contributed by atoms with Gasteiger partial charge in [-0.2, -0.15) is 0 Å². The quantitative estimate of drug-likeness (QED) is 0.410. The van der Waals surface area contributed by atoms with E-state index < -0.39 is 5.91 Å². The molecule has 15 heavy (non-hydrogen) atoms. The van der Waals surface area contributed by atoms with Crippen molar-refractivity contribution in [2.24, 2.45) is 5.84 Å². The summed E-state index contributed by atoms with van der Waals surface area (Å²) in [5, 5.41) is 4.08. The Morgan fingerprint density at radius 3 is 3.07 bits per heavy atom. The molecule has 0 saturated heterocycles. The molecule has 78 valence electrons. The van der Waals surface area contributed by atoms with E-state index in [9.17, 15) is 4.79 Å². The first kappa shape index (κ1) is 9.47. The number of ether oxygens (including phenoxy) is 1. The highest BCUT2D eigenvalue weighted by atomic mass is 16.5. The van der Waals surface area contributed by atoms with Crippen molar-refractivity contribution >= 4 is 11.4 Å². The van der Waals surface area contributed by atoms with Crippen molar-refractivity contribution in [1.29, 1.82) is 0 Å². The second-order valence-electron chi connectivity index (χ2n) is 2.89. The fourth-order valence-electron chi connectivity index (χ4n) is 1.41. The molecule has 3 N–H and O–H groups in total. The fourth-order valence-corrected chi connectivity index (χ4v) is 1.41. The van der Waals surface area contributed by atoms with Crippen LogP contribution in [0.1, 0.15) is 10.4 Å². The van der Waals surface area contributed by atoms with E-state index in [1.807, 2.05) is 12.1 Å². The molecule has 2 aromatic heterocycles. The number of hydrazine groups is 1.